The molecule has 0 bridgehead atoms. The van der Waals surface area contributed by atoms with Crippen molar-refractivity contribution in [2.24, 2.45) is 0 Å². The lowest BCUT2D eigenvalue weighted by Gasteiger charge is -2.02. The third kappa shape index (κ3) is 1.87. The van der Waals surface area contributed by atoms with Crippen molar-refractivity contribution in [3.63, 3.8) is 0 Å². The molecule has 1 heterocycles. The molecule has 0 saturated heterocycles. The topological polar surface area (TPSA) is 29.9 Å². The molecule has 1 rings (SSSR count). The van der Waals surface area contributed by atoms with Crippen LogP contribution in [0.15, 0.2) is 4.47 Å². The van der Waals surface area contributed by atoms with Crippen LogP contribution in [-0.2, 0) is 6.54 Å². The van der Waals surface area contributed by atoms with E-state index in [9.17, 15) is 0 Å². The Kier molecular flexibility index (Phi) is 3.29. The lowest BCUT2D eigenvalue weighted by molar-refractivity contribution is 0.568. The summed E-state index contributed by atoms with van der Waals surface area (Å²) in [5.74, 6) is 0. The van der Waals surface area contributed by atoms with Crippen molar-refractivity contribution in [3.8, 4) is 0 Å². The van der Waals surface area contributed by atoms with Crippen molar-refractivity contribution in [2.75, 3.05) is 13.6 Å². The average Bonchev–Trinajstić information content (AvgIpc) is 2.30. The van der Waals surface area contributed by atoms with E-state index in [2.05, 4.69) is 33.3 Å². The minimum atomic E-state index is 0.925. The van der Waals surface area contributed by atoms with Crippen LogP contribution in [0.5, 0.6) is 0 Å². The van der Waals surface area contributed by atoms with Gasteiger partial charge in [-0.15, -0.1) is 0 Å². The van der Waals surface area contributed by atoms with E-state index in [1.807, 2.05) is 18.7 Å². The third-order valence-corrected chi connectivity index (χ3v) is 3.01. The van der Waals surface area contributed by atoms with Crippen LogP contribution in [0.4, 0.5) is 0 Å². The van der Waals surface area contributed by atoms with Crippen molar-refractivity contribution < 1.29 is 0 Å². The Morgan fingerprint density at radius 1 is 1.50 bits per heavy atom. The van der Waals surface area contributed by atoms with E-state index in [1.54, 1.807) is 0 Å². The van der Waals surface area contributed by atoms with E-state index < -0.39 is 0 Å². The lowest BCUT2D eigenvalue weighted by Crippen LogP contribution is -2.16. The molecule has 1 aromatic heterocycles. The molecule has 0 saturated carbocycles. The number of nitrogens with one attached hydrogen (secondary N) is 1. The van der Waals surface area contributed by atoms with Gasteiger partial charge in [-0.3, -0.25) is 4.68 Å². The second-order valence-corrected chi connectivity index (χ2v) is 3.60. The predicted octanol–water partition coefficient (Wildman–Crippen LogP) is 1.48. The standard InChI is InChI=1S/C8H14BrN3/c1-6-8(9)7(2)12(11-6)5-4-10-3/h10H,4-5H2,1-3H3. The van der Waals surface area contributed by atoms with E-state index in [0.29, 0.717) is 0 Å². The number of aryl methyl sites for hydroxylation is 1. The summed E-state index contributed by atoms with van der Waals surface area (Å²) < 4.78 is 3.13. The van der Waals surface area contributed by atoms with Gasteiger partial charge in [-0.05, 0) is 36.8 Å². The normalized spacial score (nSPS) is 10.7. The maximum Gasteiger partial charge on any atom is 0.0738 e. The fourth-order valence-electron chi connectivity index (χ4n) is 1.11. The Morgan fingerprint density at radius 3 is 2.58 bits per heavy atom. The monoisotopic (exact) mass is 231 g/mol. The van der Waals surface area contributed by atoms with Gasteiger partial charge in [0, 0.05) is 12.2 Å². The zero-order chi connectivity index (χ0) is 9.14. The van der Waals surface area contributed by atoms with Crippen LogP contribution in [0.2, 0.25) is 0 Å². The van der Waals surface area contributed by atoms with E-state index in [-0.39, 0.29) is 0 Å². The summed E-state index contributed by atoms with van der Waals surface area (Å²) >= 11 is 3.49. The molecule has 0 atom stereocenters. The van der Waals surface area contributed by atoms with Crippen molar-refractivity contribution in [2.45, 2.75) is 20.4 Å². The number of halogens is 1. The quantitative estimate of drug-likeness (QED) is 0.855. The van der Waals surface area contributed by atoms with Crippen LogP contribution >= 0.6 is 15.9 Å². The van der Waals surface area contributed by atoms with Gasteiger partial charge in [-0.1, -0.05) is 0 Å². The highest BCUT2D eigenvalue weighted by Crippen LogP contribution is 2.19. The number of hydrogen-bond acceptors (Lipinski definition) is 2. The van der Waals surface area contributed by atoms with Crippen molar-refractivity contribution in [3.05, 3.63) is 15.9 Å². The zero-order valence-electron chi connectivity index (χ0n) is 7.69. The second kappa shape index (κ2) is 4.05. The molecule has 1 N–H and O–H groups in total. The minimum Gasteiger partial charge on any atom is -0.318 e. The molecule has 0 aliphatic heterocycles. The van der Waals surface area contributed by atoms with Gasteiger partial charge in [0.1, 0.15) is 0 Å². The van der Waals surface area contributed by atoms with Crippen LogP contribution in [-0.4, -0.2) is 23.4 Å². The molecule has 0 spiro atoms. The Balaban J connectivity index is 2.79. The van der Waals surface area contributed by atoms with Gasteiger partial charge < -0.3 is 5.32 Å². The van der Waals surface area contributed by atoms with Gasteiger partial charge in [0.2, 0.25) is 0 Å². The predicted molar refractivity (Wildman–Crippen MR) is 53.3 cm³/mol. The molecule has 0 amide bonds. The number of nitrogens with zero attached hydrogens (tertiary/aromatic N) is 2. The number of likely N-dealkylation sites (N-methyl/N-ethyl adjacent to an activating group) is 1. The largest absolute Gasteiger partial charge is 0.318 e. The van der Waals surface area contributed by atoms with Gasteiger partial charge in [0.05, 0.1) is 16.7 Å². The van der Waals surface area contributed by atoms with Gasteiger partial charge >= 0.3 is 0 Å². The summed E-state index contributed by atoms with van der Waals surface area (Å²) in [5.41, 5.74) is 2.26. The summed E-state index contributed by atoms with van der Waals surface area (Å²) in [6.07, 6.45) is 0. The molecule has 0 aliphatic carbocycles. The highest BCUT2D eigenvalue weighted by Gasteiger charge is 2.06. The summed E-state index contributed by atoms with van der Waals surface area (Å²) in [7, 11) is 1.95. The Hall–Kier alpha value is -0.350. The zero-order valence-corrected chi connectivity index (χ0v) is 9.27. The molecule has 0 aliphatic rings. The molecular weight excluding hydrogens is 218 g/mol. The first kappa shape index (κ1) is 9.74. The number of hydrogen-bond donors (Lipinski definition) is 1. The smallest absolute Gasteiger partial charge is 0.0738 e. The minimum absolute atomic E-state index is 0.925. The van der Waals surface area contributed by atoms with Gasteiger partial charge in [-0.25, -0.2) is 0 Å². The third-order valence-electron chi connectivity index (χ3n) is 1.87. The molecule has 0 radical (unpaired) electrons. The molecule has 1 aromatic rings. The van der Waals surface area contributed by atoms with Gasteiger partial charge in [0.25, 0.3) is 0 Å². The van der Waals surface area contributed by atoms with E-state index >= 15 is 0 Å². The highest BCUT2D eigenvalue weighted by atomic mass is 79.9. The first-order valence-corrected chi connectivity index (χ1v) is 4.80. The fourth-order valence-corrected chi connectivity index (χ4v) is 1.39. The first-order chi connectivity index (χ1) is 5.66. The van der Waals surface area contributed by atoms with Gasteiger partial charge in [0.15, 0.2) is 0 Å². The van der Waals surface area contributed by atoms with Crippen molar-refractivity contribution in [1.29, 1.82) is 0 Å². The maximum absolute atomic E-state index is 4.38. The van der Waals surface area contributed by atoms with Crippen LogP contribution in [0.3, 0.4) is 0 Å². The molecular formula is C8H14BrN3. The summed E-state index contributed by atoms with van der Waals surface area (Å²) in [4.78, 5) is 0. The van der Waals surface area contributed by atoms with Crippen LogP contribution in [0, 0.1) is 13.8 Å². The molecule has 68 valence electrons. The Bertz CT molecular complexity index is 268. The summed E-state index contributed by atoms with van der Waals surface area (Å²) in [5, 5.41) is 7.47. The van der Waals surface area contributed by atoms with Crippen molar-refractivity contribution >= 4 is 15.9 Å². The van der Waals surface area contributed by atoms with Crippen LogP contribution in [0.25, 0.3) is 0 Å². The Morgan fingerprint density at radius 2 is 2.17 bits per heavy atom. The van der Waals surface area contributed by atoms with E-state index in [0.717, 1.165) is 23.3 Å². The molecule has 0 unspecified atom stereocenters. The first-order valence-electron chi connectivity index (χ1n) is 4.01. The molecule has 4 heteroatoms. The SMILES string of the molecule is CNCCn1nc(C)c(Br)c1C. The van der Waals surface area contributed by atoms with Crippen LogP contribution in [0.1, 0.15) is 11.4 Å². The Labute approximate surface area is 81.3 Å². The fraction of sp³-hybridized carbons (Fsp3) is 0.625. The molecule has 3 nitrogen and oxygen atoms in total. The van der Waals surface area contributed by atoms with E-state index in [1.165, 1.54) is 5.69 Å². The molecule has 0 aromatic carbocycles. The van der Waals surface area contributed by atoms with Crippen LogP contribution < -0.4 is 5.32 Å². The second-order valence-electron chi connectivity index (χ2n) is 2.81. The molecule has 12 heavy (non-hydrogen) atoms. The summed E-state index contributed by atoms with van der Waals surface area (Å²) in [6.45, 7) is 5.95. The number of rotatable bonds is 3. The maximum atomic E-state index is 4.38. The number of aromatic nitrogens is 2. The molecule has 0 fully saturated rings. The lowest BCUT2D eigenvalue weighted by atomic mass is 10.4. The average molecular weight is 232 g/mol. The summed E-state index contributed by atoms with van der Waals surface area (Å²) in [6, 6.07) is 0. The van der Waals surface area contributed by atoms with E-state index in [4.69, 9.17) is 0 Å². The van der Waals surface area contributed by atoms with Gasteiger partial charge in [-0.2, -0.15) is 5.10 Å². The van der Waals surface area contributed by atoms with Crippen molar-refractivity contribution in [1.82, 2.24) is 15.1 Å². The highest BCUT2D eigenvalue weighted by molar-refractivity contribution is 9.10.